The standard InChI is InChI=1S/C26H33N3O2/c1-25(2)23-17-20-21(5-4-6-22(20)30)26(25,3)11-14-29(23)24(31)18-7-9-19(10-8-18)28-15-12-27-13-16-28/h4-10,23,27,30H,11-17H2,1-3H3/t23?,26-/m0/s1. The van der Waals surface area contributed by atoms with Crippen LogP contribution in [0.3, 0.4) is 0 Å². The summed E-state index contributed by atoms with van der Waals surface area (Å²) in [6, 6.07) is 14.1. The summed E-state index contributed by atoms with van der Waals surface area (Å²) < 4.78 is 0. The quantitative estimate of drug-likeness (QED) is 0.782. The van der Waals surface area contributed by atoms with Gasteiger partial charge in [0.1, 0.15) is 5.75 Å². The van der Waals surface area contributed by atoms with E-state index >= 15 is 0 Å². The number of hydrogen-bond acceptors (Lipinski definition) is 4. The molecule has 1 unspecified atom stereocenters. The van der Waals surface area contributed by atoms with Gasteiger partial charge in [0, 0.05) is 55.4 Å². The number of carbonyl (C=O) groups is 1. The Hall–Kier alpha value is -2.53. The van der Waals surface area contributed by atoms with Crippen molar-refractivity contribution in [2.45, 2.75) is 45.1 Å². The van der Waals surface area contributed by atoms with E-state index in [-0.39, 0.29) is 22.8 Å². The van der Waals surface area contributed by atoms with Crippen LogP contribution in [0.4, 0.5) is 5.69 Å². The number of anilines is 1. The van der Waals surface area contributed by atoms with E-state index in [4.69, 9.17) is 0 Å². The van der Waals surface area contributed by atoms with Crippen molar-refractivity contribution in [2.75, 3.05) is 37.6 Å². The van der Waals surface area contributed by atoms with E-state index in [0.29, 0.717) is 12.2 Å². The minimum atomic E-state index is -0.0809. The molecule has 2 heterocycles. The van der Waals surface area contributed by atoms with Gasteiger partial charge < -0.3 is 20.2 Å². The van der Waals surface area contributed by atoms with Gasteiger partial charge in [-0.2, -0.15) is 0 Å². The average molecular weight is 420 g/mol. The molecule has 2 aromatic carbocycles. The first kappa shape index (κ1) is 20.4. The lowest BCUT2D eigenvalue weighted by atomic mass is 9.51. The molecule has 1 amide bonds. The van der Waals surface area contributed by atoms with Gasteiger partial charge in [0.25, 0.3) is 5.91 Å². The van der Waals surface area contributed by atoms with Gasteiger partial charge in [-0.3, -0.25) is 4.79 Å². The second-order valence-electron chi connectivity index (χ2n) is 10.1. The molecule has 2 aromatic rings. The summed E-state index contributed by atoms with van der Waals surface area (Å²) in [6.07, 6.45) is 1.60. The SMILES string of the molecule is CC1(C)C2Cc3c(O)cccc3[C@]1(C)CCN2C(=O)c1ccc(N2CCNCC2)cc1. The highest BCUT2D eigenvalue weighted by Crippen LogP contribution is 2.57. The molecule has 0 spiro atoms. The lowest BCUT2D eigenvalue weighted by Crippen LogP contribution is -2.64. The third kappa shape index (κ3) is 3.05. The van der Waals surface area contributed by atoms with E-state index < -0.39 is 0 Å². The molecule has 2 bridgehead atoms. The molecule has 2 aliphatic heterocycles. The zero-order valence-electron chi connectivity index (χ0n) is 18.8. The maximum absolute atomic E-state index is 13.6. The molecule has 5 heteroatoms. The van der Waals surface area contributed by atoms with Crippen LogP contribution in [0.1, 0.15) is 48.7 Å². The fourth-order valence-corrected chi connectivity index (χ4v) is 6.07. The van der Waals surface area contributed by atoms with Gasteiger partial charge in [-0.1, -0.05) is 32.9 Å². The fraction of sp³-hybridized carbons (Fsp3) is 0.500. The zero-order chi connectivity index (χ0) is 21.8. The van der Waals surface area contributed by atoms with E-state index in [1.807, 2.05) is 18.2 Å². The van der Waals surface area contributed by atoms with Crippen LogP contribution < -0.4 is 10.2 Å². The van der Waals surface area contributed by atoms with Gasteiger partial charge in [0.05, 0.1) is 0 Å². The number of aromatic hydroxyl groups is 1. The number of benzene rings is 2. The molecule has 5 nitrogen and oxygen atoms in total. The Morgan fingerprint density at radius 3 is 2.45 bits per heavy atom. The highest BCUT2D eigenvalue weighted by Gasteiger charge is 2.57. The van der Waals surface area contributed by atoms with Gasteiger partial charge in [-0.15, -0.1) is 0 Å². The monoisotopic (exact) mass is 419 g/mol. The first-order chi connectivity index (χ1) is 14.8. The molecule has 2 atom stereocenters. The van der Waals surface area contributed by atoms with Crippen LogP contribution in [0.2, 0.25) is 0 Å². The van der Waals surface area contributed by atoms with Crippen molar-refractivity contribution in [3.05, 3.63) is 59.2 Å². The molecule has 0 saturated carbocycles. The molecular formula is C26H33N3O2. The second-order valence-corrected chi connectivity index (χ2v) is 10.1. The van der Waals surface area contributed by atoms with Crippen molar-refractivity contribution in [1.29, 1.82) is 0 Å². The summed E-state index contributed by atoms with van der Waals surface area (Å²) in [6.45, 7) is 11.6. The van der Waals surface area contributed by atoms with E-state index in [9.17, 15) is 9.90 Å². The summed E-state index contributed by atoms with van der Waals surface area (Å²) >= 11 is 0. The van der Waals surface area contributed by atoms with Gasteiger partial charge in [-0.05, 0) is 59.7 Å². The van der Waals surface area contributed by atoms with Crippen LogP contribution >= 0.6 is 0 Å². The summed E-state index contributed by atoms with van der Waals surface area (Å²) in [7, 11) is 0. The van der Waals surface area contributed by atoms with Crippen molar-refractivity contribution in [1.82, 2.24) is 10.2 Å². The van der Waals surface area contributed by atoms with Gasteiger partial charge in [0.2, 0.25) is 0 Å². The Kier molecular flexibility index (Phi) is 4.78. The molecule has 2 saturated heterocycles. The Bertz CT molecular complexity index is 994. The Labute approximate surface area is 185 Å². The number of fused-ring (bicyclic) bond motifs is 4. The number of phenols is 1. The van der Waals surface area contributed by atoms with Gasteiger partial charge in [0.15, 0.2) is 0 Å². The number of piperazine rings is 1. The van der Waals surface area contributed by atoms with E-state index in [0.717, 1.165) is 50.3 Å². The Morgan fingerprint density at radius 2 is 1.74 bits per heavy atom. The fourth-order valence-electron chi connectivity index (χ4n) is 6.07. The van der Waals surface area contributed by atoms with Crippen LogP contribution in [-0.2, 0) is 11.8 Å². The molecule has 0 aromatic heterocycles. The number of nitrogens with zero attached hydrogens (tertiary/aromatic N) is 2. The third-order valence-corrected chi connectivity index (χ3v) is 8.48. The van der Waals surface area contributed by atoms with Crippen molar-refractivity contribution in [3.63, 3.8) is 0 Å². The summed E-state index contributed by atoms with van der Waals surface area (Å²) in [5.74, 6) is 0.463. The number of piperidine rings is 1. The summed E-state index contributed by atoms with van der Waals surface area (Å²) in [4.78, 5) is 18.0. The van der Waals surface area contributed by atoms with E-state index in [1.54, 1.807) is 6.07 Å². The van der Waals surface area contributed by atoms with Crippen molar-refractivity contribution < 1.29 is 9.90 Å². The second kappa shape index (κ2) is 7.27. The summed E-state index contributed by atoms with van der Waals surface area (Å²) in [5.41, 5.74) is 4.06. The number of amides is 1. The Balaban J connectivity index is 1.44. The van der Waals surface area contributed by atoms with Crippen molar-refractivity contribution >= 4 is 11.6 Å². The van der Waals surface area contributed by atoms with Crippen LogP contribution in [0.5, 0.6) is 5.75 Å². The highest BCUT2D eigenvalue weighted by atomic mass is 16.3. The first-order valence-electron chi connectivity index (χ1n) is 11.5. The molecule has 2 fully saturated rings. The molecule has 164 valence electrons. The molecule has 2 N–H and O–H groups in total. The predicted molar refractivity (Wildman–Crippen MR) is 124 cm³/mol. The number of rotatable bonds is 2. The first-order valence-corrected chi connectivity index (χ1v) is 11.5. The number of nitrogens with one attached hydrogen (secondary N) is 1. The largest absolute Gasteiger partial charge is 0.508 e. The molecule has 5 rings (SSSR count). The Morgan fingerprint density at radius 1 is 1.03 bits per heavy atom. The minimum absolute atomic E-state index is 0.0624. The average Bonchev–Trinajstić information content (AvgIpc) is 2.77. The van der Waals surface area contributed by atoms with E-state index in [1.165, 1.54) is 11.3 Å². The normalized spacial score (nSPS) is 27.0. The van der Waals surface area contributed by atoms with Crippen molar-refractivity contribution in [3.8, 4) is 5.75 Å². The summed E-state index contributed by atoms with van der Waals surface area (Å²) in [5, 5.41) is 14.0. The number of hydrogen-bond donors (Lipinski definition) is 2. The van der Waals surface area contributed by atoms with Gasteiger partial charge in [-0.25, -0.2) is 0 Å². The maximum atomic E-state index is 13.6. The molecule has 31 heavy (non-hydrogen) atoms. The number of phenolic OH excluding ortho intramolecular Hbond substituents is 1. The van der Waals surface area contributed by atoms with Crippen molar-refractivity contribution in [2.24, 2.45) is 5.41 Å². The van der Waals surface area contributed by atoms with Crippen LogP contribution in [0.25, 0.3) is 0 Å². The van der Waals surface area contributed by atoms with E-state index in [2.05, 4.69) is 54.1 Å². The molecule has 3 aliphatic rings. The lowest BCUT2D eigenvalue weighted by Gasteiger charge is -2.60. The molecule has 0 radical (unpaired) electrons. The maximum Gasteiger partial charge on any atom is 0.254 e. The van der Waals surface area contributed by atoms with Crippen LogP contribution in [0.15, 0.2) is 42.5 Å². The lowest BCUT2D eigenvalue weighted by molar-refractivity contribution is -0.0266. The highest BCUT2D eigenvalue weighted by molar-refractivity contribution is 5.95. The predicted octanol–water partition coefficient (Wildman–Crippen LogP) is 3.56. The van der Waals surface area contributed by atoms with Crippen LogP contribution in [0, 0.1) is 5.41 Å². The number of carbonyl (C=O) groups excluding carboxylic acids is 1. The molecule has 1 aliphatic carbocycles. The third-order valence-electron chi connectivity index (χ3n) is 8.48. The zero-order valence-corrected chi connectivity index (χ0v) is 18.8. The topological polar surface area (TPSA) is 55.8 Å². The number of likely N-dealkylation sites (tertiary alicyclic amines) is 1. The minimum Gasteiger partial charge on any atom is -0.508 e. The van der Waals surface area contributed by atoms with Gasteiger partial charge >= 0.3 is 0 Å². The smallest absolute Gasteiger partial charge is 0.254 e. The molecular weight excluding hydrogens is 386 g/mol. The van der Waals surface area contributed by atoms with Crippen LogP contribution in [-0.4, -0.2) is 54.7 Å².